The normalized spacial score (nSPS) is 10.1. The highest BCUT2D eigenvalue weighted by atomic mass is 16.5. The summed E-state index contributed by atoms with van der Waals surface area (Å²) in [5.41, 5.74) is 2.12. The molecule has 0 saturated heterocycles. The lowest BCUT2D eigenvalue weighted by molar-refractivity contribution is 0.398. The summed E-state index contributed by atoms with van der Waals surface area (Å²) in [7, 11) is 1.61. The van der Waals surface area contributed by atoms with Crippen LogP contribution in [0.2, 0.25) is 0 Å². The topological polar surface area (TPSA) is 62.8 Å². The van der Waals surface area contributed by atoms with Gasteiger partial charge in [-0.05, 0) is 6.07 Å². The van der Waals surface area contributed by atoms with Crippen molar-refractivity contribution in [3.05, 3.63) is 36.5 Å². The molecule has 0 radical (unpaired) electrons. The quantitative estimate of drug-likeness (QED) is 0.797. The second-order valence-corrected chi connectivity index (χ2v) is 3.34. The molecule has 0 unspecified atom stereocenters. The number of nitrogens with zero attached hydrogens (tertiary/aromatic N) is 2. The Morgan fingerprint density at radius 3 is 3.19 bits per heavy atom. The van der Waals surface area contributed by atoms with Crippen LogP contribution in [0.3, 0.4) is 0 Å². The molecule has 0 aliphatic heterocycles. The number of aromatic amines is 1. The number of aromatic nitrogens is 3. The van der Waals surface area contributed by atoms with Crippen molar-refractivity contribution in [3.8, 4) is 5.88 Å². The molecule has 2 N–H and O–H groups in total. The summed E-state index contributed by atoms with van der Waals surface area (Å²) in [6.07, 6.45) is 6.14. The molecule has 0 atom stereocenters. The average Bonchev–Trinajstić information content (AvgIpc) is 2.82. The Balaban J connectivity index is 1.85. The second-order valence-electron chi connectivity index (χ2n) is 3.34. The summed E-state index contributed by atoms with van der Waals surface area (Å²) < 4.78 is 5.04. The minimum Gasteiger partial charge on any atom is -0.481 e. The van der Waals surface area contributed by atoms with Crippen molar-refractivity contribution in [2.45, 2.75) is 6.42 Å². The second kappa shape index (κ2) is 5.16. The Morgan fingerprint density at radius 1 is 1.50 bits per heavy atom. The van der Waals surface area contributed by atoms with E-state index < -0.39 is 0 Å². The molecule has 2 heterocycles. The zero-order chi connectivity index (χ0) is 11.2. The van der Waals surface area contributed by atoms with Crippen LogP contribution in [0, 0.1) is 0 Å². The number of imidazole rings is 1. The smallest absolute Gasteiger partial charge is 0.214 e. The highest BCUT2D eigenvalue weighted by Gasteiger charge is 1.97. The van der Waals surface area contributed by atoms with E-state index in [-0.39, 0.29) is 0 Å². The SMILES string of the molecule is COc1cc(NCCc2cnc[nH]2)ccn1. The number of H-pyrrole nitrogens is 1. The maximum atomic E-state index is 5.04. The summed E-state index contributed by atoms with van der Waals surface area (Å²) in [5, 5.41) is 3.29. The molecule has 0 aliphatic carbocycles. The van der Waals surface area contributed by atoms with Crippen LogP contribution in [0.4, 0.5) is 5.69 Å². The lowest BCUT2D eigenvalue weighted by Gasteiger charge is -2.06. The first kappa shape index (κ1) is 10.5. The number of ether oxygens (including phenoxy) is 1. The van der Waals surface area contributed by atoms with E-state index in [0.29, 0.717) is 5.88 Å². The largest absolute Gasteiger partial charge is 0.481 e. The minimum absolute atomic E-state index is 0.617. The van der Waals surface area contributed by atoms with Gasteiger partial charge >= 0.3 is 0 Å². The van der Waals surface area contributed by atoms with E-state index in [1.807, 2.05) is 18.3 Å². The molecule has 0 bridgehead atoms. The highest BCUT2D eigenvalue weighted by molar-refractivity contribution is 5.44. The molecule has 0 saturated carbocycles. The zero-order valence-electron chi connectivity index (χ0n) is 9.10. The van der Waals surface area contributed by atoms with Crippen molar-refractivity contribution >= 4 is 5.69 Å². The van der Waals surface area contributed by atoms with E-state index in [9.17, 15) is 0 Å². The van der Waals surface area contributed by atoms with Gasteiger partial charge in [-0.15, -0.1) is 0 Å². The Kier molecular flexibility index (Phi) is 3.38. The predicted octanol–water partition coefficient (Wildman–Crippen LogP) is 1.47. The van der Waals surface area contributed by atoms with Gasteiger partial charge < -0.3 is 15.0 Å². The van der Waals surface area contributed by atoms with Crippen LogP contribution in [-0.4, -0.2) is 28.6 Å². The monoisotopic (exact) mass is 218 g/mol. The molecule has 0 spiro atoms. The fourth-order valence-electron chi connectivity index (χ4n) is 1.39. The average molecular weight is 218 g/mol. The third-order valence-corrected chi connectivity index (χ3v) is 2.22. The van der Waals surface area contributed by atoms with E-state index in [0.717, 1.165) is 24.3 Å². The van der Waals surface area contributed by atoms with Gasteiger partial charge in [0.05, 0.1) is 13.4 Å². The number of anilines is 1. The predicted molar refractivity (Wildman–Crippen MR) is 61.6 cm³/mol. The van der Waals surface area contributed by atoms with Crippen molar-refractivity contribution in [2.75, 3.05) is 19.0 Å². The molecule has 2 aromatic rings. The molecule has 0 amide bonds. The number of hydrogen-bond donors (Lipinski definition) is 2. The van der Waals surface area contributed by atoms with Gasteiger partial charge in [0.2, 0.25) is 5.88 Å². The molecule has 16 heavy (non-hydrogen) atoms. The van der Waals surface area contributed by atoms with Gasteiger partial charge in [-0.2, -0.15) is 0 Å². The molecule has 0 aromatic carbocycles. The van der Waals surface area contributed by atoms with Crippen molar-refractivity contribution in [1.29, 1.82) is 0 Å². The zero-order valence-corrected chi connectivity index (χ0v) is 9.10. The maximum Gasteiger partial charge on any atom is 0.214 e. The first-order valence-corrected chi connectivity index (χ1v) is 5.09. The van der Waals surface area contributed by atoms with E-state index in [1.54, 1.807) is 19.6 Å². The van der Waals surface area contributed by atoms with Crippen LogP contribution in [0.25, 0.3) is 0 Å². The fraction of sp³-hybridized carbons (Fsp3) is 0.273. The van der Waals surface area contributed by atoms with Crippen LogP contribution in [0.5, 0.6) is 5.88 Å². The molecule has 0 fully saturated rings. The van der Waals surface area contributed by atoms with E-state index >= 15 is 0 Å². The molecule has 0 aliphatic rings. The van der Waals surface area contributed by atoms with Crippen LogP contribution < -0.4 is 10.1 Å². The van der Waals surface area contributed by atoms with Crippen molar-refractivity contribution in [3.63, 3.8) is 0 Å². The Morgan fingerprint density at radius 2 is 2.44 bits per heavy atom. The summed E-state index contributed by atoms with van der Waals surface area (Å²) in [5.74, 6) is 0.617. The van der Waals surface area contributed by atoms with Gasteiger partial charge in [0.25, 0.3) is 0 Å². The van der Waals surface area contributed by atoms with Gasteiger partial charge in [-0.25, -0.2) is 9.97 Å². The van der Waals surface area contributed by atoms with E-state index in [4.69, 9.17) is 4.74 Å². The maximum absolute atomic E-state index is 5.04. The van der Waals surface area contributed by atoms with Gasteiger partial charge in [0.1, 0.15) is 0 Å². The number of rotatable bonds is 5. The van der Waals surface area contributed by atoms with Gasteiger partial charge in [0.15, 0.2) is 0 Å². The van der Waals surface area contributed by atoms with Crippen LogP contribution in [0.1, 0.15) is 5.69 Å². The molecular weight excluding hydrogens is 204 g/mol. The summed E-state index contributed by atoms with van der Waals surface area (Å²) in [6.45, 7) is 0.843. The lowest BCUT2D eigenvalue weighted by atomic mass is 10.3. The molecule has 84 valence electrons. The number of hydrogen-bond acceptors (Lipinski definition) is 4. The number of pyridine rings is 1. The summed E-state index contributed by atoms with van der Waals surface area (Å²) >= 11 is 0. The third-order valence-electron chi connectivity index (χ3n) is 2.22. The van der Waals surface area contributed by atoms with Crippen LogP contribution in [0.15, 0.2) is 30.9 Å². The van der Waals surface area contributed by atoms with E-state index in [1.165, 1.54) is 0 Å². The minimum atomic E-state index is 0.617. The molecule has 2 aromatic heterocycles. The Hall–Kier alpha value is -2.04. The first-order chi connectivity index (χ1) is 7.88. The van der Waals surface area contributed by atoms with Crippen LogP contribution in [-0.2, 0) is 6.42 Å². The molecule has 2 rings (SSSR count). The standard InChI is InChI=1S/C11H14N4O/c1-16-11-6-9(2-5-14-11)13-4-3-10-7-12-8-15-10/h2,5-8H,3-4H2,1H3,(H,12,15)(H,13,14). The van der Waals surface area contributed by atoms with Crippen molar-refractivity contribution in [2.24, 2.45) is 0 Å². The van der Waals surface area contributed by atoms with E-state index in [2.05, 4.69) is 20.3 Å². The van der Waals surface area contributed by atoms with Gasteiger partial charge in [-0.1, -0.05) is 0 Å². The third kappa shape index (κ3) is 2.73. The molecule has 5 nitrogen and oxygen atoms in total. The molecule has 5 heteroatoms. The Labute approximate surface area is 93.9 Å². The Bertz CT molecular complexity index is 427. The van der Waals surface area contributed by atoms with Crippen molar-refractivity contribution < 1.29 is 4.74 Å². The van der Waals surface area contributed by atoms with Gasteiger partial charge in [-0.3, -0.25) is 0 Å². The van der Waals surface area contributed by atoms with Crippen LogP contribution >= 0.6 is 0 Å². The van der Waals surface area contributed by atoms with Crippen molar-refractivity contribution in [1.82, 2.24) is 15.0 Å². The first-order valence-electron chi connectivity index (χ1n) is 5.09. The number of methoxy groups -OCH3 is 1. The summed E-state index contributed by atoms with van der Waals surface area (Å²) in [6, 6.07) is 3.78. The molecular formula is C11H14N4O. The highest BCUT2D eigenvalue weighted by Crippen LogP contribution is 2.12. The summed E-state index contributed by atoms with van der Waals surface area (Å²) in [4.78, 5) is 11.1. The van der Waals surface area contributed by atoms with Gasteiger partial charge in [0, 0.05) is 42.8 Å². The number of nitrogens with one attached hydrogen (secondary N) is 2. The lowest BCUT2D eigenvalue weighted by Crippen LogP contribution is -2.05. The fourth-order valence-corrected chi connectivity index (χ4v) is 1.39.